The molecule has 2 N–H and O–H groups in total. The third-order valence-corrected chi connectivity index (χ3v) is 3.13. The van der Waals surface area contributed by atoms with E-state index in [2.05, 4.69) is 4.74 Å². The molecule has 0 aromatic heterocycles. The van der Waals surface area contributed by atoms with Gasteiger partial charge in [-0.1, -0.05) is 0 Å². The summed E-state index contributed by atoms with van der Waals surface area (Å²) < 4.78 is 34.1. The number of halogens is 1. The van der Waals surface area contributed by atoms with Crippen molar-refractivity contribution in [3.8, 4) is 0 Å². The van der Waals surface area contributed by atoms with Crippen molar-refractivity contribution in [1.82, 2.24) is 5.32 Å². The molecule has 0 saturated carbocycles. The van der Waals surface area contributed by atoms with Crippen LogP contribution in [0.15, 0.2) is 0 Å². The Labute approximate surface area is 142 Å². The predicted octanol–water partition coefficient (Wildman–Crippen LogP) is -1.07. The van der Waals surface area contributed by atoms with Gasteiger partial charge in [0.25, 0.3) is 6.29 Å². The largest absolute Gasteiger partial charge is 0.463 e. The first-order valence-electron chi connectivity index (χ1n) is 7.25. The Morgan fingerprint density at radius 3 is 2.08 bits per heavy atom. The molecule has 1 saturated heterocycles. The van der Waals surface area contributed by atoms with Crippen LogP contribution in [0.2, 0.25) is 0 Å². The number of nitrogens with one attached hydrogen (secondary N) is 1. The summed E-state index contributed by atoms with van der Waals surface area (Å²) in [5.74, 6) is -3.44. The summed E-state index contributed by atoms with van der Waals surface area (Å²) >= 11 is 0. The molecular formula is C14H20FNO9. The number of esters is 3. The zero-order valence-electron chi connectivity index (χ0n) is 14.1. The van der Waals surface area contributed by atoms with Crippen molar-refractivity contribution in [1.29, 1.82) is 0 Å². The van der Waals surface area contributed by atoms with E-state index in [9.17, 15) is 28.7 Å². The van der Waals surface area contributed by atoms with Gasteiger partial charge in [-0.25, -0.2) is 4.39 Å². The first kappa shape index (κ1) is 20.8. The zero-order valence-corrected chi connectivity index (χ0v) is 14.1. The average molecular weight is 365 g/mol. The molecule has 142 valence electrons. The number of carbonyl (C=O) groups is 4. The van der Waals surface area contributed by atoms with E-state index in [0.29, 0.717) is 0 Å². The minimum Gasteiger partial charge on any atom is -0.463 e. The summed E-state index contributed by atoms with van der Waals surface area (Å²) in [7, 11) is 0. The lowest BCUT2D eigenvalue weighted by molar-refractivity contribution is -0.331. The first-order valence-corrected chi connectivity index (χ1v) is 7.25. The van der Waals surface area contributed by atoms with Gasteiger partial charge in [-0.05, 0) is 0 Å². The lowest BCUT2D eigenvalue weighted by atomic mass is 9.93. The van der Waals surface area contributed by atoms with Crippen LogP contribution in [0.4, 0.5) is 4.39 Å². The molecule has 0 unspecified atom stereocenters. The van der Waals surface area contributed by atoms with Crippen molar-refractivity contribution in [2.24, 2.45) is 0 Å². The monoisotopic (exact) mass is 365 g/mol. The Balaban J connectivity index is 3.23. The smallest absolute Gasteiger partial charge is 0.305 e. The number of ether oxygens (including phenoxy) is 4. The Morgan fingerprint density at radius 2 is 1.64 bits per heavy atom. The topological polar surface area (TPSA) is 137 Å². The maximum absolute atomic E-state index is 14.7. The van der Waals surface area contributed by atoms with Crippen LogP contribution in [-0.2, 0) is 38.1 Å². The van der Waals surface area contributed by atoms with E-state index in [0.717, 1.165) is 27.7 Å². The van der Waals surface area contributed by atoms with Gasteiger partial charge in [0.1, 0.15) is 12.7 Å². The molecule has 1 amide bonds. The number of amides is 1. The highest BCUT2D eigenvalue weighted by Crippen LogP contribution is 2.33. The Bertz CT molecular complexity index is 554. The highest BCUT2D eigenvalue weighted by atomic mass is 19.1. The molecular weight excluding hydrogens is 345 g/mol. The molecule has 10 nitrogen and oxygen atoms in total. The maximum atomic E-state index is 14.7. The summed E-state index contributed by atoms with van der Waals surface area (Å²) in [5, 5.41) is 12.6. The van der Waals surface area contributed by atoms with Crippen molar-refractivity contribution < 1.29 is 47.6 Å². The van der Waals surface area contributed by atoms with Gasteiger partial charge in [0.2, 0.25) is 11.6 Å². The molecule has 1 aliphatic rings. The fraction of sp³-hybridized carbons (Fsp3) is 0.714. The summed E-state index contributed by atoms with van der Waals surface area (Å²) in [6.07, 6.45) is -7.61. The van der Waals surface area contributed by atoms with Crippen molar-refractivity contribution in [3.05, 3.63) is 0 Å². The van der Waals surface area contributed by atoms with Gasteiger partial charge in [-0.15, -0.1) is 0 Å². The van der Waals surface area contributed by atoms with Gasteiger partial charge < -0.3 is 29.4 Å². The number of carbonyl (C=O) groups excluding carboxylic acids is 4. The van der Waals surface area contributed by atoms with Gasteiger partial charge >= 0.3 is 17.9 Å². The van der Waals surface area contributed by atoms with Gasteiger partial charge in [0, 0.05) is 27.7 Å². The first-order chi connectivity index (χ1) is 11.5. The second kappa shape index (κ2) is 8.21. The van der Waals surface area contributed by atoms with Gasteiger partial charge in [-0.3, -0.25) is 19.2 Å². The van der Waals surface area contributed by atoms with E-state index in [-0.39, 0.29) is 0 Å². The number of aliphatic hydroxyl groups is 1. The SMILES string of the molecule is CC(=O)N[C@]1(O)[C@@H](OC(C)=O)O[C@H](COC(C)=O)[C@@H](F)[C@@H]1OC(C)=O. The van der Waals surface area contributed by atoms with Crippen LogP contribution in [-0.4, -0.2) is 65.9 Å². The van der Waals surface area contributed by atoms with E-state index in [1.165, 1.54) is 0 Å². The second-order valence-electron chi connectivity index (χ2n) is 5.40. The molecule has 0 radical (unpaired) electrons. The second-order valence-corrected chi connectivity index (χ2v) is 5.40. The fourth-order valence-electron chi connectivity index (χ4n) is 2.25. The Morgan fingerprint density at radius 1 is 1.08 bits per heavy atom. The number of alkyl halides is 1. The standard InChI is InChI=1S/C14H20FNO9/c1-6(17)16-14(21)12(23-8(3)19)11(15)10(5-22-7(2)18)25-13(14)24-9(4)20/h10-13,21H,5H2,1-4H3,(H,16,17)/t10-,11-,12+,13+,14-/m1/s1. The predicted molar refractivity (Wildman–Crippen MR) is 76.3 cm³/mol. The average Bonchev–Trinajstić information content (AvgIpc) is 2.44. The molecule has 0 spiro atoms. The molecule has 11 heteroatoms. The van der Waals surface area contributed by atoms with Crippen LogP contribution >= 0.6 is 0 Å². The minimum atomic E-state index is -2.69. The van der Waals surface area contributed by atoms with Crippen molar-refractivity contribution in [3.63, 3.8) is 0 Å². The number of hydrogen-bond donors (Lipinski definition) is 2. The molecule has 0 aromatic carbocycles. The molecule has 0 aromatic rings. The molecule has 1 rings (SSSR count). The quantitative estimate of drug-likeness (QED) is 0.354. The Kier molecular flexibility index (Phi) is 6.82. The number of hydrogen-bond acceptors (Lipinski definition) is 9. The zero-order chi connectivity index (χ0) is 19.4. The lowest BCUT2D eigenvalue weighted by Gasteiger charge is -2.47. The molecule has 5 atom stereocenters. The maximum Gasteiger partial charge on any atom is 0.305 e. The van der Waals surface area contributed by atoms with Crippen molar-refractivity contribution >= 4 is 23.8 Å². The molecule has 0 bridgehead atoms. The molecule has 0 aliphatic carbocycles. The van der Waals surface area contributed by atoms with Gasteiger partial charge in [0.15, 0.2) is 12.3 Å². The molecule has 1 fully saturated rings. The Hall–Kier alpha value is -2.27. The molecule has 25 heavy (non-hydrogen) atoms. The number of rotatable bonds is 5. The van der Waals surface area contributed by atoms with Crippen molar-refractivity contribution in [2.45, 2.75) is 58.1 Å². The highest BCUT2D eigenvalue weighted by Gasteiger charge is 2.61. The molecule has 1 aliphatic heterocycles. The lowest BCUT2D eigenvalue weighted by Crippen LogP contribution is -2.74. The van der Waals surface area contributed by atoms with E-state index in [4.69, 9.17) is 14.2 Å². The minimum absolute atomic E-state index is 0.595. The van der Waals surface area contributed by atoms with E-state index in [1.807, 2.05) is 5.32 Å². The van der Waals surface area contributed by atoms with Crippen molar-refractivity contribution in [2.75, 3.05) is 6.61 Å². The van der Waals surface area contributed by atoms with Crippen LogP contribution in [0.5, 0.6) is 0 Å². The summed E-state index contributed by atoms with van der Waals surface area (Å²) in [5.41, 5.74) is -2.69. The summed E-state index contributed by atoms with van der Waals surface area (Å²) in [6.45, 7) is 3.43. The fourth-order valence-corrected chi connectivity index (χ4v) is 2.25. The van der Waals surface area contributed by atoms with Crippen LogP contribution in [0.3, 0.4) is 0 Å². The summed E-state index contributed by atoms with van der Waals surface area (Å²) in [4.78, 5) is 44.8. The third-order valence-electron chi connectivity index (χ3n) is 3.13. The van der Waals surface area contributed by atoms with E-state index < -0.39 is 60.8 Å². The van der Waals surface area contributed by atoms with Crippen LogP contribution in [0, 0.1) is 0 Å². The van der Waals surface area contributed by atoms with Crippen LogP contribution in [0.1, 0.15) is 27.7 Å². The van der Waals surface area contributed by atoms with E-state index in [1.54, 1.807) is 0 Å². The highest BCUT2D eigenvalue weighted by molar-refractivity contribution is 5.74. The van der Waals surface area contributed by atoms with E-state index >= 15 is 0 Å². The summed E-state index contributed by atoms with van der Waals surface area (Å²) in [6, 6.07) is 0. The van der Waals surface area contributed by atoms with Gasteiger partial charge in [0.05, 0.1) is 0 Å². The van der Waals surface area contributed by atoms with Gasteiger partial charge in [-0.2, -0.15) is 0 Å². The molecule has 1 heterocycles. The normalized spacial score (nSPS) is 31.6. The van der Waals surface area contributed by atoms with Crippen LogP contribution < -0.4 is 5.32 Å². The van der Waals surface area contributed by atoms with Crippen LogP contribution in [0.25, 0.3) is 0 Å². The third kappa shape index (κ3) is 5.36.